The quantitative estimate of drug-likeness (QED) is 0.0323. The molecule has 58 heavy (non-hydrogen) atoms. The molecule has 0 saturated heterocycles. The van der Waals surface area contributed by atoms with E-state index in [4.69, 9.17) is 4.74 Å². The molecule has 0 bridgehead atoms. The number of esters is 1. The van der Waals surface area contributed by atoms with E-state index >= 15 is 0 Å². The molecule has 0 heterocycles. The van der Waals surface area contributed by atoms with Crippen LogP contribution in [0, 0.1) is 0 Å². The smallest absolute Gasteiger partial charge is 0.306 e. The van der Waals surface area contributed by atoms with E-state index in [2.05, 4.69) is 62.5 Å². The minimum atomic E-state index is -0.794. The van der Waals surface area contributed by atoms with E-state index < -0.39 is 18.2 Å². The van der Waals surface area contributed by atoms with Gasteiger partial charge in [0.05, 0.1) is 25.2 Å². The van der Waals surface area contributed by atoms with Gasteiger partial charge < -0.3 is 20.3 Å². The number of nitrogens with one attached hydrogen (secondary N) is 1. The summed E-state index contributed by atoms with van der Waals surface area (Å²) in [6.45, 7) is 6.36. The van der Waals surface area contributed by atoms with E-state index in [9.17, 15) is 19.8 Å². The van der Waals surface area contributed by atoms with Gasteiger partial charge in [0.1, 0.15) is 6.10 Å². The molecular weight excluding hydrogens is 719 g/mol. The van der Waals surface area contributed by atoms with E-state index in [1.54, 1.807) is 0 Å². The van der Waals surface area contributed by atoms with Gasteiger partial charge in [-0.1, -0.05) is 224 Å². The number of unbranched alkanes of at least 4 members (excludes halogenated alkanes) is 27. The first-order valence-electron chi connectivity index (χ1n) is 25.2. The number of ether oxygens (including phenoxy) is 1. The third-order valence-corrected chi connectivity index (χ3v) is 11.5. The Kier molecular flexibility index (Phi) is 44.6. The number of carbonyl (C=O) groups excluding carboxylic acids is 2. The van der Waals surface area contributed by atoms with Crippen molar-refractivity contribution in [2.45, 2.75) is 277 Å². The Labute approximate surface area is 360 Å². The normalized spacial score (nSPS) is 13.5. The lowest BCUT2D eigenvalue weighted by Crippen LogP contribution is -2.46. The predicted octanol–water partition coefficient (Wildman–Crippen LogP) is 14.9. The molecule has 0 aromatic carbocycles. The van der Waals surface area contributed by atoms with E-state index in [0.717, 1.165) is 77.0 Å². The van der Waals surface area contributed by atoms with Gasteiger partial charge in [0.15, 0.2) is 0 Å². The highest BCUT2D eigenvalue weighted by molar-refractivity contribution is 5.77. The lowest BCUT2D eigenvalue weighted by Gasteiger charge is -2.24. The van der Waals surface area contributed by atoms with Crippen molar-refractivity contribution in [1.29, 1.82) is 0 Å². The largest absolute Gasteiger partial charge is 0.462 e. The lowest BCUT2D eigenvalue weighted by atomic mass is 10.0. The molecule has 3 unspecified atom stereocenters. The Morgan fingerprint density at radius 3 is 1.40 bits per heavy atom. The number of aliphatic hydroxyl groups is 2. The molecular formula is C52H97NO5. The number of carbonyl (C=O) groups is 2. The molecule has 0 aliphatic rings. The molecule has 340 valence electrons. The van der Waals surface area contributed by atoms with Crippen molar-refractivity contribution in [2.75, 3.05) is 6.61 Å². The van der Waals surface area contributed by atoms with E-state index in [1.807, 2.05) is 0 Å². The molecule has 0 saturated carbocycles. The fourth-order valence-electron chi connectivity index (χ4n) is 7.68. The van der Waals surface area contributed by atoms with Crippen LogP contribution in [0.25, 0.3) is 0 Å². The fourth-order valence-corrected chi connectivity index (χ4v) is 7.68. The zero-order chi connectivity index (χ0) is 42.4. The average molecular weight is 816 g/mol. The summed E-state index contributed by atoms with van der Waals surface area (Å²) in [6, 6.07) is -0.710. The summed E-state index contributed by atoms with van der Waals surface area (Å²) in [7, 11) is 0. The van der Waals surface area contributed by atoms with E-state index in [-0.39, 0.29) is 24.9 Å². The van der Waals surface area contributed by atoms with Gasteiger partial charge >= 0.3 is 5.97 Å². The van der Waals surface area contributed by atoms with Crippen molar-refractivity contribution in [3.63, 3.8) is 0 Å². The highest BCUT2D eigenvalue weighted by atomic mass is 16.5. The molecule has 0 rings (SSSR count). The van der Waals surface area contributed by atoms with E-state index in [0.29, 0.717) is 19.3 Å². The summed E-state index contributed by atoms with van der Waals surface area (Å²) >= 11 is 0. The zero-order valence-electron chi connectivity index (χ0n) is 38.7. The minimum absolute atomic E-state index is 0.0548. The lowest BCUT2D eigenvalue weighted by molar-refractivity contribution is -0.151. The first-order chi connectivity index (χ1) is 28.5. The molecule has 0 radical (unpaired) electrons. The van der Waals surface area contributed by atoms with Crippen LogP contribution in [0.15, 0.2) is 36.5 Å². The van der Waals surface area contributed by atoms with Crippen molar-refractivity contribution in [3.8, 4) is 0 Å². The van der Waals surface area contributed by atoms with Crippen LogP contribution in [-0.4, -0.2) is 46.9 Å². The third kappa shape index (κ3) is 40.8. The van der Waals surface area contributed by atoms with Gasteiger partial charge in [0, 0.05) is 6.42 Å². The Bertz CT molecular complexity index is 961. The number of hydrogen-bond donors (Lipinski definition) is 3. The molecule has 3 atom stereocenters. The average Bonchev–Trinajstić information content (AvgIpc) is 3.22. The summed E-state index contributed by atoms with van der Waals surface area (Å²) in [4.78, 5) is 26.0. The number of amides is 1. The molecule has 0 aromatic rings. The van der Waals surface area contributed by atoms with Gasteiger partial charge in [0.25, 0.3) is 0 Å². The van der Waals surface area contributed by atoms with Gasteiger partial charge in [-0.05, 0) is 57.8 Å². The van der Waals surface area contributed by atoms with Gasteiger partial charge in [-0.25, -0.2) is 0 Å². The highest BCUT2D eigenvalue weighted by Crippen LogP contribution is 2.18. The van der Waals surface area contributed by atoms with Gasteiger partial charge in [-0.3, -0.25) is 9.59 Å². The Morgan fingerprint density at radius 1 is 0.517 bits per heavy atom. The van der Waals surface area contributed by atoms with Crippen LogP contribution in [0.2, 0.25) is 0 Å². The van der Waals surface area contributed by atoms with Crippen LogP contribution in [0.5, 0.6) is 0 Å². The molecule has 0 aromatic heterocycles. The monoisotopic (exact) mass is 816 g/mol. The molecule has 3 N–H and O–H groups in total. The van der Waals surface area contributed by atoms with Crippen LogP contribution < -0.4 is 5.32 Å². The van der Waals surface area contributed by atoms with Gasteiger partial charge in [0.2, 0.25) is 5.91 Å². The summed E-state index contributed by atoms with van der Waals surface area (Å²) in [6.07, 6.45) is 53.6. The number of allylic oxidation sites excluding steroid dienone is 6. The molecule has 0 aliphatic carbocycles. The maximum absolute atomic E-state index is 13.2. The first kappa shape index (κ1) is 56.1. The van der Waals surface area contributed by atoms with E-state index in [1.165, 1.54) is 135 Å². The zero-order valence-corrected chi connectivity index (χ0v) is 38.7. The topological polar surface area (TPSA) is 95.9 Å². The summed E-state index contributed by atoms with van der Waals surface area (Å²) in [5, 5.41) is 23.7. The fraction of sp³-hybridized carbons (Fsp3) is 0.846. The maximum atomic E-state index is 13.2. The summed E-state index contributed by atoms with van der Waals surface area (Å²) in [5.41, 5.74) is 0. The minimum Gasteiger partial charge on any atom is -0.462 e. The Balaban J connectivity index is 4.50. The Hall–Kier alpha value is -1.92. The predicted molar refractivity (Wildman–Crippen MR) is 250 cm³/mol. The van der Waals surface area contributed by atoms with Crippen LogP contribution in [0.1, 0.15) is 258 Å². The SMILES string of the molecule is CC/C=C/C/C=C/C/C=C/CCCCC(CC(=O)NC(CO)C(O)CCCCCCCCCCCCCCCCCCC)OC(=O)CCCCCCCCCCCC. The second-order valence-electron chi connectivity index (χ2n) is 17.2. The van der Waals surface area contributed by atoms with Gasteiger partial charge in [-0.15, -0.1) is 0 Å². The Morgan fingerprint density at radius 2 is 0.931 bits per heavy atom. The second-order valence-corrected chi connectivity index (χ2v) is 17.2. The van der Waals surface area contributed by atoms with Crippen LogP contribution >= 0.6 is 0 Å². The molecule has 0 fully saturated rings. The van der Waals surface area contributed by atoms with Crippen molar-refractivity contribution >= 4 is 11.9 Å². The molecule has 1 amide bonds. The van der Waals surface area contributed by atoms with Crippen molar-refractivity contribution < 1.29 is 24.5 Å². The number of rotatable bonds is 45. The molecule has 0 spiro atoms. The molecule has 6 nitrogen and oxygen atoms in total. The van der Waals surface area contributed by atoms with Gasteiger partial charge in [-0.2, -0.15) is 0 Å². The summed E-state index contributed by atoms with van der Waals surface area (Å²) in [5.74, 6) is -0.506. The van der Waals surface area contributed by atoms with Crippen molar-refractivity contribution in [2.24, 2.45) is 0 Å². The molecule has 6 heteroatoms. The number of hydrogen-bond acceptors (Lipinski definition) is 5. The van der Waals surface area contributed by atoms with Crippen molar-refractivity contribution in [3.05, 3.63) is 36.5 Å². The summed E-state index contributed by atoms with van der Waals surface area (Å²) < 4.78 is 5.89. The third-order valence-electron chi connectivity index (χ3n) is 11.5. The standard InChI is InChI=1S/C52H97NO5/c1-4-7-10-13-16-19-22-24-25-26-27-28-30-32-35-38-41-44-50(55)49(47-54)53-51(56)46-48(43-40-37-34-31-29-23-20-17-14-11-8-5-2)58-52(57)45-42-39-36-33-21-18-15-12-9-6-3/h8,11,17,20,29,31,48-50,54-55H,4-7,9-10,12-16,18-19,21-28,30,32-47H2,1-3H3,(H,53,56)/b11-8+,20-17+,31-29+. The maximum Gasteiger partial charge on any atom is 0.306 e. The number of aliphatic hydroxyl groups excluding tert-OH is 2. The van der Waals surface area contributed by atoms with Crippen LogP contribution in [-0.2, 0) is 14.3 Å². The highest BCUT2D eigenvalue weighted by Gasteiger charge is 2.24. The van der Waals surface area contributed by atoms with Crippen LogP contribution in [0.3, 0.4) is 0 Å². The van der Waals surface area contributed by atoms with Crippen molar-refractivity contribution in [1.82, 2.24) is 5.32 Å². The second kappa shape index (κ2) is 46.2. The first-order valence-corrected chi connectivity index (χ1v) is 25.2. The molecule has 0 aliphatic heterocycles. The van der Waals surface area contributed by atoms with Crippen LogP contribution in [0.4, 0.5) is 0 Å².